The lowest BCUT2D eigenvalue weighted by atomic mass is 9.95. The monoisotopic (exact) mass is 384 g/mol. The molecule has 1 aromatic heterocycles. The maximum absolute atomic E-state index is 12.1. The quantitative estimate of drug-likeness (QED) is 0.615. The van der Waals surface area contributed by atoms with Crippen LogP contribution >= 0.6 is 15.9 Å². The molecule has 1 saturated heterocycles. The van der Waals surface area contributed by atoms with Gasteiger partial charge in [0.15, 0.2) is 0 Å². The Kier molecular flexibility index (Phi) is 6.00. The minimum atomic E-state index is -0.470. The maximum atomic E-state index is 12.1. The molecule has 0 aromatic carbocycles. The lowest BCUT2D eigenvalue weighted by molar-refractivity contribution is 0.0285. The van der Waals surface area contributed by atoms with Gasteiger partial charge >= 0.3 is 6.09 Å². The van der Waals surface area contributed by atoms with Crippen LogP contribution in [0.4, 0.5) is 4.79 Å². The molecule has 1 fully saturated rings. The molecule has 2 atom stereocenters. The first-order valence-electron chi connectivity index (χ1n) is 7.83. The van der Waals surface area contributed by atoms with Gasteiger partial charge in [0.25, 0.3) is 0 Å². The number of nitrogens with two attached hydrogens (primary N) is 1. The third-order valence-corrected chi connectivity index (χ3v) is 4.35. The van der Waals surface area contributed by atoms with Crippen molar-refractivity contribution in [3.8, 4) is 0 Å². The molecule has 3 N–H and O–H groups in total. The molecule has 0 bridgehead atoms. The van der Waals surface area contributed by atoms with E-state index in [0.717, 1.165) is 23.0 Å². The summed E-state index contributed by atoms with van der Waals surface area (Å²) < 4.78 is 6.39. The standard InChI is InChI=1S/C16H25BrN4O2/c1-16(2,3)23-15(22)21-7-6-11(10-21)14(20-18)8-13-5-4-12(17)9-19-13/h4-5,9,11,14,20H,6-8,10,18H2,1-3H3. The molecule has 0 saturated carbocycles. The first kappa shape index (κ1) is 18.2. The molecule has 1 aromatic rings. The Morgan fingerprint density at radius 3 is 2.87 bits per heavy atom. The Morgan fingerprint density at radius 2 is 2.30 bits per heavy atom. The lowest BCUT2D eigenvalue weighted by Crippen LogP contribution is -2.44. The number of pyridine rings is 1. The van der Waals surface area contributed by atoms with Crippen LogP contribution in [-0.2, 0) is 11.2 Å². The predicted octanol–water partition coefficient (Wildman–Crippen LogP) is 2.48. The average molecular weight is 385 g/mol. The second-order valence-corrected chi connectivity index (χ2v) is 7.84. The summed E-state index contributed by atoms with van der Waals surface area (Å²) in [5, 5.41) is 0. The number of hydrogen-bond acceptors (Lipinski definition) is 5. The molecule has 1 amide bonds. The summed E-state index contributed by atoms with van der Waals surface area (Å²) in [6.45, 7) is 6.98. The summed E-state index contributed by atoms with van der Waals surface area (Å²) in [5.41, 5.74) is 3.39. The van der Waals surface area contributed by atoms with Crippen LogP contribution in [0, 0.1) is 5.92 Å². The molecule has 1 aliphatic rings. The van der Waals surface area contributed by atoms with E-state index >= 15 is 0 Å². The third kappa shape index (κ3) is 5.44. The van der Waals surface area contributed by atoms with Crippen molar-refractivity contribution in [2.24, 2.45) is 11.8 Å². The van der Waals surface area contributed by atoms with Crippen LogP contribution in [-0.4, -0.2) is 40.7 Å². The molecule has 0 radical (unpaired) electrons. The minimum Gasteiger partial charge on any atom is -0.444 e. The molecule has 128 valence electrons. The second-order valence-electron chi connectivity index (χ2n) is 6.92. The SMILES string of the molecule is CC(C)(C)OC(=O)N1CCC(C(Cc2ccc(Br)cn2)NN)C1. The van der Waals surface area contributed by atoms with Gasteiger partial charge in [-0.05, 0) is 61.2 Å². The first-order valence-corrected chi connectivity index (χ1v) is 8.62. The number of carbonyl (C=O) groups is 1. The lowest BCUT2D eigenvalue weighted by Gasteiger charge is -2.26. The van der Waals surface area contributed by atoms with Crippen molar-refractivity contribution in [2.75, 3.05) is 13.1 Å². The van der Waals surface area contributed by atoms with Gasteiger partial charge in [0.1, 0.15) is 5.60 Å². The van der Waals surface area contributed by atoms with Gasteiger partial charge in [0, 0.05) is 41.9 Å². The molecular weight excluding hydrogens is 360 g/mol. The predicted molar refractivity (Wildman–Crippen MR) is 92.7 cm³/mol. The summed E-state index contributed by atoms with van der Waals surface area (Å²) in [6.07, 6.45) is 3.17. The van der Waals surface area contributed by atoms with Crippen LogP contribution in [0.5, 0.6) is 0 Å². The van der Waals surface area contributed by atoms with E-state index in [1.54, 1.807) is 11.1 Å². The fraction of sp³-hybridized carbons (Fsp3) is 0.625. The highest BCUT2D eigenvalue weighted by Crippen LogP contribution is 2.23. The highest BCUT2D eigenvalue weighted by molar-refractivity contribution is 9.10. The van der Waals surface area contributed by atoms with Crippen molar-refractivity contribution in [2.45, 2.75) is 45.3 Å². The van der Waals surface area contributed by atoms with Gasteiger partial charge in [0.05, 0.1) is 0 Å². The number of aromatic nitrogens is 1. The van der Waals surface area contributed by atoms with Crippen LogP contribution in [0.25, 0.3) is 0 Å². The zero-order chi connectivity index (χ0) is 17.0. The Morgan fingerprint density at radius 1 is 1.57 bits per heavy atom. The number of amides is 1. The van der Waals surface area contributed by atoms with Gasteiger partial charge in [-0.3, -0.25) is 16.3 Å². The number of hydrogen-bond donors (Lipinski definition) is 2. The van der Waals surface area contributed by atoms with Gasteiger partial charge < -0.3 is 9.64 Å². The van der Waals surface area contributed by atoms with E-state index in [9.17, 15) is 4.79 Å². The topological polar surface area (TPSA) is 80.5 Å². The van der Waals surface area contributed by atoms with E-state index in [4.69, 9.17) is 10.6 Å². The van der Waals surface area contributed by atoms with Gasteiger partial charge in [-0.15, -0.1) is 0 Å². The Balaban J connectivity index is 1.93. The summed E-state index contributed by atoms with van der Waals surface area (Å²) in [7, 11) is 0. The second kappa shape index (κ2) is 7.59. The number of nitrogens with one attached hydrogen (secondary N) is 1. The molecular formula is C16H25BrN4O2. The van der Waals surface area contributed by atoms with Gasteiger partial charge in [-0.25, -0.2) is 4.79 Å². The zero-order valence-corrected chi connectivity index (χ0v) is 15.5. The van der Waals surface area contributed by atoms with Crippen molar-refractivity contribution in [3.63, 3.8) is 0 Å². The molecule has 6 nitrogen and oxygen atoms in total. The number of nitrogens with zero attached hydrogens (tertiary/aromatic N) is 2. The number of carbonyl (C=O) groups excluding carboxylic acids is 1. The summed E-state index contributed by atoms with van der Waals surface area (Å²) in [6, 6.07) is 4.03. The molecule has 0 aliphatic carbocycles. The van der Waals surface area contributed by atoms with Crippen LogP contribution < -0.4 is 11.3 Å². The molecule has 0 spiro atoms. The summed E-state index contributed by atoms with van der Waals surface area (Å²) in [4.78, 5) is 18.3. The molecule has 2 unspecified atom stereocenters. The highest BCUT2D eigenvalue weighted by Gasteiger charge is 2.33. The van der Waals surface area contributed by atoms with Crippen LogP contribution in [0.3, 0.4) is 0 Å². The zero-order valence-electron chi connectivity index (χ0n) is 13.9. The van der Waals surface area contributed by atoms with E-state index in [1.807, 2.05) is 32.9 Å². The van der Waals surface area contributed by atoms with Crippen molar-refractivity contribution in [1.29, 1.82) is 0 Å². The van der Waals surface area contributed by atoms with E-state index in [-0.39, 0.29) is 18.1 Å². The number of halogens is 1. The fourth-order valence-corrected chi connectivity index (χ4v) is 2.96. The van der Waals surface area contributed by atoms with Crippen molar-refractivity contribution in [1.82, 2.24) is 15.3 Å². The van der Waals surface area contributed by atoms with E-state index in [0.29, 0.717) is 13.1 Å². The van der Waals surface area contributed by atoms with Gasteiger partial charge in [-0.2, -0.15) is 0 Å². The molecule has 7 heteroatoms. The molecule has 2 heterocycles. The number of ether oxygens (including phenoxy) is 1. The van der Waals surface area contributed by atoms with Gasteiger partial charge in [-0.1, -0.05) is 0 Å². The Bertz CT molecular complexity index is 530. The van der Waals surface area contributed by atoms with Crippen LogP contribution in [0.1, 0.15) is 32.9 Å². The maximum Gasteiger partial charge on any atom is 0.410 e. The van der Waals surface area contributed by atoms with Crippen molar-refractivity contribution < 1.29 is 9.53 Å². The van der Waals surface area contributed by atoms with Crippen LogP contribution in [0.15, 0.2) is 22.8 Å². The average Bonchev–Trinajstić information content (AvgIpc) is 2.94. The highest BCUT2D eigenvalue weighted by atomic mass is 79.9. The minimum absolute atomic E-state index is 0.0797. The third-order valence-electron chi connectivity index (χ3n) is 3.88. The van der Waals surface area contributed by atoms with Crippen molar-refractivity contribution in [3.05, 3.63) is 28.5 Å². The number of hydrazine groups is 1. The normalized spacial score (nSPS) is 19.7. The van der Waals surface area contributed by atoms with E-state index in [1.165, 1.54) is 0 Å². The summed E-state index contributed by atoms with van der Waals surface area (Å²) >= 11 is 3.38. The van der Waals surface area contributed by atoms with Gasteiger partial charge in [0.2, 0.25) is 0 Å². The molecule has 2 rings (SSSR count). The van der Waals surface area contributed by atoms with Crippen LogP contribution in [0.2, 0.25) is 0 Å². The molecule has 23 heavy (non-hydrogen) atoms. The fourth-order valence-electron chi connectivity index (χ4n) is 2.72. The number of likely N-dealkylation sites (tertiary alicyclic amines) is 1. The molecule has 1 aliphatic heterocycles. The Hall–Kier alpha value is -1.18. The first-order chi connectivity index (χ1) is 10.8. The summed E-state index contributed by atoms with van der Waals surface area (Å²) in [5.74, 6) is 6.02. The number of rotatable bonds is 4. The van der Waals surface area contributed by atoms with E-state index in [2.05, 4.69) is 26.3 Å². The Labute approximate surface area is 145 Å². The largest absolute Gasteiger partial charge is 0.444 e. The van der Waals surface area contributed by atoms with E-state index < -0.39 is 5.60 Å². The smallest absolute Gasteiger partial charge is 0.410 e. The van der Waals surface area contributed by atoms with Crippen molar-refractivity contribution >= 4 is 22.0 Å².